The summed E-state index contributed by atoms with van der Waals surface area (Å²) in [5.41, 5.74) is 0.926. The second kappa shape index (κ2) is 5.67. The molecular weight excluding hydrogens is 234 g/mol. The van der Waals surface area contributed by atoms with Crippen molar-refractivity contribution in [2.75, 3.05) is 18.5 Å². The summed E-state index contributed by atoms with van der Waals surface area (Å²) in [6.45, 7) is 3.03. The van der Waals surface area contributed by atoms with Crippen molar-refractivity contribution in [1.29, 1.82) is 0 Å². The van der Waals surface area contributed by atoms with Gasteiger partial charge in [-0.1, -0.05) is 19.3 Å². The number of nitrogens with zero attached hydrogens (tertiary/aromatic N) is 3. The number of halogens is 1. The molecule has 1 aromatic heterocycles. The van der Waals surface area contributed by atoms with E-state index >= 15 is 0 Å². The van der Waals surface area contributed by atoms with E-state index in [4.69, 9.17) is 11.6 Å². The van der Waals surface area contributed by atoms with Crippen molar-refractivity contribution >= 4 is 17.4 Å². The molecule has 0 bridgehead atoms. The topological polar surface area (TPSA) is 29.0 Å². The van der Waals surface area contributed by atoms with Gasteiger partial charge in [0.25, 0.3) is 0 Å². The monoisotopic (exact) mass is 253 g/mol. The van der Waals surface area contributed by atoms with E-state index < -0.39 is 0 Å². The number of aryl methyl sites for hydroxylation is 1. The van der Waals surface area contributed by atoms with Gasteiger partial charge in [-0.25, -0.2) is 9.97 Å². The summed E-state index contributed by atoms with van der Waals surface area (Å²) >= 11 is 5.89. The van der Waals surface area contributed by atoms with E-state index in [9.17, 15) is 0 Å². The van der Waals surface area contributed by atoms with Crippen molar-refractivity contribution in [3.05, 3.63) is 17.0 Å². The van der Waals surface area contributed by atoms with Crippen LogP contribution < -0.4 is 4.90 Å². The van der Waals surface area contributed by atoms with Crippen LogP contribution in [0.1, 0.15) is 37.8 Å². The molecule has 4 heteroatoms. The number of hydrogen-bond donors (Lipinski definition) is 0. The van der Waals surface area contributed by atoms with Gasteiger partial charge in [0, 0.05) is 25.4 Å². The molecule has 0 atom stereocenters. The highest BCUT2D eigenvalue weighted by Crippen LogP contribution is 2.25. The van der Waals surface area contributed by atoms with Crippen LogP contribution in [-0.4, -0.2) is 23.6 Å². The Morgan fingerprint density at radius 3 is 2.65 bits per heavy atom. The lowest BCUT2D eigenvalue weighted by Crippen LogP contribution is -2.27. The molecule has 1 aliphatic carbocycles. The molecule has 1 aliphatic rings. The summed E-state index contributed by atoms with van der Waals surface area (Å²) < 4.78 is 0. The maximum absolute atomic E-state index is 5.89. The molecule has 1 heterocycles. The lowest BCUT2D eigenvalue weighted by molar-refractivity contribution is 0.361. The number of rotatable bonds is 3. The summed E-state index contributed by atoms with van der Waals surface area (Å²) in [5, 5.41) is 0.343. The predicted octanol–water partition coefficient (Wildman–Crippen LogP) is 3.45. The van der Waals surface area contributed by atoms with Crippen LogP contribution in [0.4, 0.5) is 5.82 Å². The summed E-state index contributed by atoms with van der Waals surface area (Å²) in [7, 11) is 2.09. The van der Waals surface area contributed by atoms with Crippen molar-refractivity contribution in [3.63, 3.8) is 0 Å². The van der Waals surface area contributed by atoms with Crippen molar-refractivity contribution in [3.8, 4) is 0 Å². The summed E-state index contributed by atoms with van der Waals surface area (Å²) in [4.78, 5) is 10.6. The third kappa shape index (κ3) is 3.56. The Hall–Kier alpha value is -0.830. The van der Waals surface area contributed by atoms with Gasteiger partial charge in [-0.05, 0) is 37.3 Å². The first-order chi connectivity index (χ1) is 8.15. The van der Waals surface area contributed by atoms with Gasteiger partial charge in [-0.2, -0.15) is 0 Å². The fourth-order valence-corrected chi connectivity index (χ4v) is 2.78. The molecule has 1 saturated carbocycles. The van der Waals surface area contributed by atoms with Crippen LogP contribution in [0.3, 0.4) is 0 Å². The molecule has 0 saturated heterocycles. The van der Waals surface area contributed by atoms with Gasteiger partial charge in [0.15, 0.2) is 0 Å². The minimum Gasteiger partial charge on any atom is -0.359 e. The quantitative estimate of drug-likeness (QED) is 0.773. The fraction of sp³-hybridized carbons (Fsp3) is 0.692. The van der Waals surface area contributed by atoms with Gasteiger partial charge in [0.05, 0.1) is 0 Å². The van der Waals surface area contributed by atoms with Crippen LogP contribution in [0.15, 0.2) is 6.07 Å². The largest absolute Gasteiger partial charge is 0.359 e. The zero-order valence-electron chi connectivity index (χ0n) is 10.6. The van der Waals surface area contributed by atoms with Crippen LogP contribution in [0.5, 0.6) is 0 Å². The number of anilines is 1. The zero-order chi connectivity index (χ0) is 12.3. The first-order valence-corrected chi connectivity index (χ1v) is 6.75. The van der Waals surface area contributed by atoms with E-state index in [0.29, 0.717) is 5.28 Å². The van der Waals surface area contributed by atoms with Crippen molar-refractivity contribution < 1.29 is 0 Å². The minimum atomic E-state index is 0.343. The van der Waals surface area contributed by atoms with Crippen LogP contribution in [-0.2, 0) is 0 Å². The molecule has 1 fully saturated rings. The SMILES string of the molecule is Cc1cc(N(C)CC2CCCCC2)nc(Cl)n1. The standard InChI is InChI=1S/C13H20ClN3/c1-10-8-12(16-13(14)15-10)17(2)9-11-6-4-3-5-7-11/h8,11H,3-7,9H2,1-2H3. The van der Waals surface area contributed by atoms with Crippen LogP contribution in [0.25, 0.3) is 0 Å². The lowest BCUT2D eigenvalue weighted by atomic mass is 9.89. The van der Waals surface area contributed by atoms with Crippen LogP contribution in [0, 0.1) is 12.8 Å². The Balaban J connectivity index is 2.00. The van der Waals surface area contributed by atoms with Crippen LogP contribution >= 0.6 is 11.6 Å². The molecule has 17 heavy (non-hydrogen) atoms. The smallest absolute Gasteiger partial charge is 0.224 e. The highest BCUT2D eigenvalue weighted by atomic mass is 35.5. The van der Waals surface area contributed by atoms with Crippen molar-refractivity contribution in [2.24, 2.45) is 5.92 Å². The average Bonchev–Trinajstić information content (AvgIpc) is 2.29. The molecule has 94 valence electrons. The number of hydrogen-bond acceptors (Lipinski definition) is 3. The molecule has 3 nitrogen and oxygen atoms in total. The second-order valence-electron chi connectivity index (χ2n) is 5.02. The van der Waals surface area contributed by atoms with Crippen molar-refractivity contribution in [1.82, 2.24) is 9.97 Å². The third-order valence-electron chi connectivity index (χ3n) is 3.46. The van der Waals surface area contributed by atoms with Gasteiger partial charge >= 0.3 is 0 Å². The first-order valence-electron chi connectivity index (χ1n) is 6.37. The van der Waals surface area contributed by atoms with Crippen LogP contribution in [0.2, 0.25) is 5.28 Å². The summed E-state index contributed by atoms with van der Waals surface area (Å²) in [6.07, 6.45) is 6.85. The molecule has 0 N–H and O–H groups in total. The van der Waals surface area contributed by atoms with E-state index in [-0.39, 0.29) is 0 Å². The molecule has 0 aliphatic heterocycles. The minimum absolute atomic E-state index is 0.343. The van der Waals surface area contributed by atoms with E-state index in [1.165, 1.54) is 32.1 Å². The summed E-state index contributed by atoms with van der Waals surface area (Å²) in [5.74, 6) is 1.75. The summed E-state index contributed by atoms with van der Waals surface area (Å²) in [6, 6.07) is 1.99. The van der Waals surface area contributed by atoms with Gasteiger partial charge in [0.1, 0.15) is 5.82 Å². The molecule has 2 rings (SSSR count). The van der Waals surface area contributed by atoms with Gasteiger partial charge in [0.2, 0.25) is 5.28 Å². The molecular formula is C13H20ClN3. The maximum Gasteiger partial charge on any atom is 0.224 e. The highest BCUT2D eigenvalue weighted by molar-refractivity contribution is 6.28. The molecule has 0 amide bonds. The Bertz CT molecular complexity index is 355. The Morgan fingerprint density at radius 2 is 2.00 bits per heavy atom. The maximum atomic E-state index is 5.89. The second-order valence-corrected chi connectivity index (χ2v) is 5.36. The Labute approximate surface area is 108 Å². The lowest BCUT2D eigenvalue weighted by Gasteiger charge is -2.27. The first kappa shape index (κ1) is 12.6. The van der Waals surface area contributed by atoms with E-state index in [1.807, 2.05) is 13.0 Å². The van der Waals surface area contributed by atoms with Gasteiger partial charge in [-0.3, -0.25) is 0 Å². The molecule has 1 aromatic rings. The molecule has 0 radical (unpaired) electrons. The Morgan fingerprint density at radius 1 is 1.29 bits per heavy atom. The Kier molecular flexibility index (Phi) is 4.21. The van der Waals surface area contributed by atoms with E-state index in [2.05, 4.69) is 21.9 Å². The fourth-order valence-electron chi connectivity index (χ4n) is 2.56. The average molecular weight is 254 g/mol. The van der Waals surface area contributed by atoms with Gasteiger partial charge in [-0.15, -0.1) is 0 Å². The van der Waals surface area contributed by atoms with E-state index in [0.717, 1.165) is 24.0 Å². The third-order valence-corrected chi connectivity index (χ3v) is 3.63. The molecule has 0 unspecified atom stereocenters. The normalized spacial score (nSPS) is 17.1. The van der Waals surface area contributed by atoms with Gasteiger partial charge < -0.3 is 4.90 Å². The molecule has 0 aromatic carbocycles. The zero-order valence-corrected chi connectivity index (χ0v) is 11.4. The predicted molar refractivity (Wildman–Crippen MR) is 71.6 cm³/mol. The number of aromatic nitrogens is 2. The molecule has 0 spiro atoms. The van der Waals surface area contributed by atoms with Crippen molar-refractivity contribution in [2.45, 2.75) is 39.0 Å². The van der Waals surface area contributed by atoms with E-state index in [1.54, 1.807) is 0 Å². The highest BCUT2D eigenvalue weighted by Gasteiger charge is 2.16.